The Bertz CT molecular complexity index is 1380. The zero-order chi connectivity index (χ0) is 27.0. The van der Waals surface area contributed by atoms with Gasteiger partial charge >= 0.3 is 12.1 Å². The Morgan fingerprint density at radius 2 is 1.92 bits per heavy atom. The number of hydrogen-bond donors (Lipinski definition) is 3. The first kappa shape index (κ1) is 26.1. The van der Waals surface area contributed by atoms with E-state index in [1.54, 1.807) is 38.7 Å². The van der Waals surface area contributed by atoms with Crippen molar-refractivity contribution in [3.05, 3.63) is 58.5 Å². The van der Waals surface area contributed by atoms with Gasteiger partial charge in [0, 0.05) is 24.3 Å². The lowest BCUT2D eigenvalue weighted by Gasteiger charge is -2.38. The molecule has 3 N–H and O–H groups in total. The zero-order valence-electron chi connectivity index (χ0n) is 21.2. The number of ether oxygens (including phenoxy) is 1. The summed E-state index contributed by atoms with van der Waals surface area (Å²) in [4.78, 5) is 39.3. The second-order valence-corrected chi connectivity index (χ2v) is 10.3. The summed E-state index contributed by atoms with van der Waals surface area (Å²) in [7, 11) is 0. The molecule has 0 bridgehead atoms. The molecule has 1 fully saturated rings. The Morgan fingerprint density at radius 3 is 2.59 bits per heavy atom. The highest BCUT2D eigenvalue weighted by Gasteiger charge is 2.36. The second kappa shape index (κ2) is 9.85. The largest absolute Gasteiger partial charge is 0.444 e. The summed E-state index contributed by atoms with van der Waals surface area (Å²) in [5.74, 6) is -0.436. The van der Waals surface area contributed by atoms with E-state index in [1.807, 2.05) is 0 Å². The minimum atomic E-state index is -1.20. The lowest BCUT2D eigenvalue weighted by Crippen LogP contribution is -2.50. The van der Waals surface area contributed by atoms with Crippen LogP contribution in [0.1, 0.15) is 39.2 Å². The van der Waals surface area contributed by atoms with Gasteiger partial charge in [-0.25, -0.2) is 18.5 Å². The van der Waals surface area contributed by atoms with Crippen molar-refractivity contribution in [2.24, 2.45) is 0 Å². The first-order chi connectivity index (χ1) is 17.3. The van der Waals surface area contributed by atoms with Gasteiger partial charge in [-0.2, -0.15) is 5.10 Å². The van der Waals surface area contributed by atoms with Crippen molar-refractivity contribution < 1.29 is 23.8 Å². The molecule has 1 saturated heterocycles. The standard InChI is InChI=1S/C25H31FN6O5/c1-16-18(26)6-5-7-19(16)29-22(34)28-17-12-20-21(33)31(15-27-32(20)13-17)14-25(36)8-10-30(11-9-25)23(35)37-24(2,3)4/h5-7,12-13,15,36H,8-11,14H2,1-4H3,(H2,28,29,34). The van der Waals surface area contributed by atoms with Crippen molar-refractivity contribution in [2.45, 2.75) is 58.3 Å². The van der Waals surface area contributed by atoms with Gasteiger partial charge in [0.15, 0.2) is 0 Å². The van der Waals surface area contributed by atoms with Crippen LogP contribution < -0.4 is 16.2 Å². The number of benzene rings is 1. The molecule has 3 heterocycles. The third-order valence-electron chi connectivity index (χ3n) is 6.18. The predicted molar refractivity (Wildman–Crippen MR) is 135 cm³/mol. The number of likely N-dealkylation sites (tertiary alicyclic amines) is 1. The predicted octanol–water partition coefficient (Wildman–Crippen LogP) is 3.35. The van der Waals surface area contributed by atoms with Gasteiger partial charge < -0.3 is 25.4 Å². The van der Waals surface area contributed by atoms with Crippen LogP contribution in [-0.2, 0) is 11.3 Å². The SMILES string of the molecule is Cc1c(F)cccc1NC(=O)Nc1cc2c(=O)n(CC3(O)CCN(C(=O)OC(C)(C)C)CC3)cnn2c1. The highest BCUT2D eigenvalue weighted by atomic mass is 19.1. The number of carbonyl (C=O) groups is 2. The van der Waals surface area contributed by atoms with Crippen molar-refractivity contribution in [3.8, 4) is 0 Å². The third-order valence-corrected chi connectivity index (χ3v) is 6.18. The van der Waals surface area contributed by atoms with Gasteiger partial charge in [-0.1, -0.05) is 6.07 Å². The van der Waals surface area contributed by atoms with E-state index in [0.29, 0.717) is 30.0 Å². The quantitative estimate of drug-likeness (QED) is 0.490. The molecular formula is C25H31FN6O5. The number of hydrogen-bond acceptors (Lipinski definition) is 6. The molecule has 1 aromatic carbocycles. The molecule has 11 nitrogen and oxygen atoms in total. The van der Waals surface area contributed by atoms with Gasteiger partial charge in [0.05, 0.1) is 24.0 Å². The molecule has 4 rings (SSSR count). The van der Waals surface area contributed by atoms with Crippen LogP contribution in [0.2, 0.25) is 0 Å². The second-order valence-electron chi connectivity index (χ2n) is 10.3. The number of amides is 3. The summed E-state index contributed by atoms with van der Waals surface area (Å²) in [6.07, 6.45) is 2.93. The number of carbonyl (C=O) groups excluding carboxylic acids is 2. The van der Waals surface area contributed by atoms with Gasteiger partial charge in [0.1, 0.15) is 23.3 Å². The van der Waals surface area contributed by atoms with Crippen molar-refractivity contribution in [1.29, 1.82) is 0 Å². The van der Waals surface area contributed by atoms with Crippen molar-refractivity contribution in [3.63, 3.8) is 0 Å². The smallest absolute Gasteiger partial charge is 0.410 e. The Balaban J connectivity index is 1.42. The van der Waals surface area contributed by atoms with E-state index in [2.05, 4.69) is 15.7 Å². The highest BCUT2D eigenvalue weighted by molar-refractivity contribution is 6.00. The number of aliphatic hydroxyl groups is 1. The van der Waals surface area contributed by atoms with E-state index in [1.165, 1.54) is 39.8 Å². The number of nitrogens with zero attached hydrogens (tertiary/aromatic N) is 4. The summed E-state index contributed by atoms with van der Waals surface area (Å²) in [5.41, 5.74) is -1.05. The molecule has 37 heavy (non-hydrogen) atoms. The molecule has 0 spiro atoms. The lowest BCUT2D eigenvalue weighted by atomic mass is 9.91. The molecule has 1 aliphatic heterocycles. The van der Waals surface area contributed by atoms with E-state index in [0.717, 1.165) is 0 Å². The van der Waals surface area contributed by atoms with E-state index in [9.17, 15) is 23.9 Å². The Morgan fingerprint density at radius 1 is 1.22 bits per heavy atom. The molecule has 0 unspecified atom stereocenters. The normalized spacial score (nSPS) is 15.5. The maximum absolute atomic E-state index is 13.7. The maximum Gasteiger partial charge on any atom is 0.410 e. The van der Waals surface area contributed by atoms with E-state index >= 15 is 0 Å². The van der Waals surface area contributed by atoms with Crippen LogP contribution in [0.25, 0.3) is 5.52 Å². The van der Waals surface area contributed by atoms with Crippen LogP contribution in [0.5, 0.6) is 0 Å². The lowest BCUT2D eigenvalue weighted by molar-refractivity contribution is -0.0420. The summed E-state index contributed by atoms with van der Waals surface area (Å²) in [6, 6.07) is 5.25. The molecule has 0 saturated carbocycles. The average Bonchev–Trinajstić information content (AvgIpc) is 3.21. The summed E-state index contributed by atoms with van der Waals surface area (Å²) in [5, 5.41) is 20.5. The monoisotopic (exact) mass is 514 g/mol. The molecule has 2 aromatic heterocycles. The molecule has 3 aromatic rings. The minimum Gasteiger partial charge on any atom is -0.444 e. The van der Waals surface area contributed by atoms with Gasteiger partial charge in [-0.3, -0.25) is 9.36 Å². The van der Waals surface area contributed by atoms with Crippen LogP contribution in [0.3, 0.4) is 0 Å². The summed E-state index contributed by atoms with van der Waals surface area (Å²) < 4.78 is 21.8. The maximum atomic E-state index is 13.7. The van der Waals surface area contributed by atoms with Gasteiger partial charge in [-0.05, 0) is 58.7 Å². The third kappa shape index (κ3) is 6.08. The van der Waals surface area contributed by atoms with Crippen molar-refractivity contribution >= 4 is 29.0 Å². The molecule has 0 atom stereocenters. The van der Waals surface area contributed by atoms with Crippen LogP contribution in [-0.4, -0.2) is 60.6 Å². The van der Waals surface area contributed by atoms with E-state index in [-0.39, 0.29) is 24.9 Å². The summed E-state index contributed by atoms with van der Waals surface area (Å²) >= 11 is 0. The fraction of sp³-hybridized carbons (Fsp3) is 0.440. The number of piperidine rings is 1. The van der Waals surface area contributed by atoms with Gasteiger partial charge in [0.2, 0.25) is 0 Å². The highest BCUT2D eigenvalue weighted by Crippen LogP contribution is 2.25. The molecule has 12 heteroatoms. The van der Waals surface area contributed by atoms with Crippen molar-refractivity contribution in [2.75, 3.05) is 23.7 Å². The summed E-state index contributed by atoms with van der Waals surface area (Å²) in [6.45, 7) is 7.54. The minimum absolute atomic E-state index is 0.00473. The number of fused-ring (bicyclic) bond motifs is 1. The van der Waals surface area contributed by atoms with E-state index in [4.69, 9.17) is 4.74 Å². The van der Waals surface area contributed by atoms with Crippen LogP contribution in [0.4, 0.5) is 25.4 Å². The first-order valence-corrected chi connectivity index (χ1v) is 11.9. The van der Waals surface area contributed by atoms with Crippen LogP contribution >= 0.6 is 0 Å². The van der Waals surface area contributed by atoms with Gasteiger partial charge in [0.25, 0.3) is 5.56 Å². The van der Waals surface area contributed by atoms with E-state index < -0.39 is 34.7 Å². The topological polar surface area (TPSA) is 130 Å². The fourth-order valence-corrected chi connectivity index (χ4v) is 4.14. The molecule has 198 valence electrons. The number of rotatable bonds is 4. The van der Waals surface area contributed by atoms with Crippen LogP contribution in [0, 0.1) is 12.7 Å². The number of urea groups is 1. The van der Waals surface area contributed by atoms with Crippen LogP contribution in [0.15, 0.2) is 41.6 Å². The zero-order valence-corrected chi connectivity index (χ0v) is 21.2. The van der Waals surface area contributed by atoms with Crippen molar-refractivity contribution in [1.82, 2.24) is 19.1 Å². The number of aromatic nitrogens is 3. The average molecular weight is 515 g/mol. The Kier molecular flexibility index (Phi) is 6.96. The molecule has 0 aliphatic carbocycles. The fourth-order valence-electron chi connectivity index (χ4n) is 4.14. The number of halogens is 1. The molecule has 1 aliphatic rings. The first-order valence-electron chi connectivity index (χ1n) is 11.9. The molecule has 3 amide bonds. The Labute approximate surface area is 212 Å². The molecular weight excluding hydrogens is 483 g/mol. The van der Waals surface area contributed by atoms with Gasteiger partial charge in [-0.15, -0.1) is 0 Å². The molecule has 0 radical (unpaired) electrons. The number of anilines is 2. The Hall–Kier alpha value is -3.93. The number of nitrogens with one attached hydrogen (secondary N) is 2.